The summed E-state index contributed by atoms with van der Waals surface area (Å²) in [6.07, 6.45) is 3.54. The maximum atomic E-state index is 13.9. The van der Waals surface area contributed by atoms with Crippen molar-refractivity contribution in [2.75, 3.05) is 20.3 Å². The first-order valence-electron chi connectivity index (χ1n) is 13.4. The zero-order valence-corrected chi connectivity index (χ0v) is 24.5. The minimum absolute atomic E-state index is 0.0418. The first-order valence-corrected chi connectivity index (χ1v) is 14.2. The minimum atomic E-state index is -0.816. The second-order valence-electron chi connectivity index (χ2n) is 10.0. The van der Waals surface area contributed by atoms with Crippen LogP contribution < -0.4 is 24.4 Å². The molecule has 216 valence electrons. The van der Waals surface area contributed by atoms with Crippen molar-refractivity contribution in [1.82, 2.24) is 4.57 Å². The number of esters is 1. The summed E-state index contributed by atoms with van der Waals surface area (Å²) in [6, 6.07) is 10.5. The Kier molecular flexibility index (Phi) is 9.38. The molecule has 0 aliphatic carbocycles. The summed E-state index contributed by atoms with van der Waals surface area (Å²) in [6.45, 7) is 8.46. The average Bonchev–Trinajstić information content (AvgIpc) is 3.25. The Morgan fingerprint density at radius 3 is 2.56 bits per heavy atom. The lowest BCUT2D eigenvalue weighted by Crippen LogP contribution is -2.40. The summed E-state index contributed by atoms with van der Waals surface area (Å²) >= 11 is 1.18. The number of carbonyl (C=O) groups excluding carboxylic acids is 1. The van der Waals surface area contributed by atoms with Crippen LogP contribution in [-0.2, 0) is 9.53 Å². The fourth-order valence-electron chi connectivity index (χ4n) is 4.36. The quantitative estimate of drug-likeness (QED) is 0.142. The van der Waals surface area contributed by atoms with Crippen LogP contribution in [0, 0.1) is 16.0 Å². The van der Waals surface area contributed by atoms with Crippen molar-refractivity contribution in [3.05, 3.63) is 94.7 Å². The van der Waals surface area contributed by atoms with E-state index in [9.17, 15) is 19.7 Å². The molecule has 1 atom stereocenters. The highest BCUT2D eigenvalue weighted by Crippen LogP contribution is 2.36. The van der Waals surface area contributed by atoms with E-state index in [1.807, 2.05) is 19.9 Å². The Hall–Kier alpha value is -4.25. The monoisotopic (exact) mass is 579 g/mol. The lowest BCUT2D eigenvalue weighted by Gasteiger charge is -2.25. The van der Waals surface area contributed by atoms with Crippen molar-refractivity contribution in [3.63, 3.8) is 0 Å². The predicted molar refractivity (Wildman–Crippen MR) is 156 cm³/mol. The van der Waals surface area contributed by atoms with Gasteiger partial charge in [-0.15, -0.1) is 0 Å². The topological polar surface area (TPSA) is 122 Å². The van der Waals surface area contributed by atoms with Gasteiger partial charge in [-0.3, -0.25) is 19.5 Å². The van der Waals surface area contributed by atoms with Crippen molar-refractivity contribution in [2.24, 2.45) is 10.9 Å². The van der Waals surface area contributed by atoms with E-state index in [1.54, 1.807) is 44.4 Å². The number of hydrogen-bond acceptors (Lipinski definition) is 9. The first-order chi connectivity index (χ1) is 19.6. The molecular formula is C30H33N3O7S. The fourth-order valence-corrected chi connectivity index (χ4v) is 5.41. The summed E-state index contributed by atoms with van der Waals surface area (Å²) in [7, 11) is 1.54. The van der Waals surface area contributed by atoms with Gasteiger partial charge in [-0.1, -0.05) is 44.6 Å². The SMILES string of the molecule is CCCCOc1ccc(C2C(C(=O)OCC(C)C)=C(C)N=c3s/c(=C\c4ccc([N+](=O)[O-])cc4)c(=O)n32)cc1OC. The molecule has 3 aromatic rings. The van der Waals surface area contributed by atoms with E-state index in [-0.39, 0.29) is 29.3 Å². The molecule has 11 heteroatoms. The molecule has 4 rings (SSSR count). The largest absolute Gasteiger partial charge is 0.493 e. The molecule has 2 heterocycles. The van der Waals surface area contributed by atoms with Crippen molar-refractivity contribution in [3.8, 4) is 11.5 Å². The average molecular weight is 580 g/mol. The van der Waals surface area contributed by atoms with Crippen molar-refractivity contribution < 1.29 is 23.9 Å². The Morgan fingerprint density at radius 2 is 1.93 bits per heavy atom. The third kappa shape index (κ3) is 6.57. The molecular weight excluding hydrogens is 546 g/mol. The third-order valence-corrected chi connectivity index (χ3v) is 7.43. The smallest absolute Gasteiger partial charge is 0.338 e. The lowest BCUT2D eigenvalue weighted by atomic mass is 9.95. The summed E-state index contributed by atoms with van der Waals surface area (Å²) in [5, 5.41) is 11.0. The molecule has 0 fully saturated rings. The zero-order chi connectivity index (χ0) is 29.7. The molecule has 10 nitrogen and oxygen atoms in total. The molecule has 0 radical (unpaired) electrons. The molecule has 1 aromatic heterocycles. The number of carbonyl (C=O) groups is 1. The van der Waals surface area contributed by atoms with Crippen molar-refractivity contribution >= 4 is 29.1 Å². The Morgan fingerprint density at radius 1 is 1.20 bits per heavy atom. The van der Waals surface area contributed by atoms with E-state index in [2.05, 4.69) is 11.9 Å². The van der Waals surface area contributed by atoms with Gasteiger partial charge < -0.3 is 14.2 Å². The summed E-state index contributed by atoms with van der Waals surface area (Å²) in [5.74, 6) is 0.633. The molecule has 0 N–H and O–H groups in total. The van der Waals surface area contributed by atoms with E-state index in [0.717, 1.165) is 12.8 Å². The zero-order valence-electron chi connectivity index (χ0n) is 23.7. The Bertz CT molecular complexity index is 1650. The lowest BCUT2D eigenvalue weighted by molar-refractivity contribution is -0.384. The number of non-ortho nitro benzene ring substituents is 1. The van der Waals surface area contributed by atoms with Crippen LogP contribution in [0.3, 0.4) is 0 Å². The number of rotatable bonds is 11. The molecule has 0 saturated heterocycles. The van der Waals surface area contributed by atoms with Crippen LogP contribution in [0.25, 0.3) is 6.08 Å². The van der Waals surface area contributed by atoms with Crippen LogP contribution in [0.1, 0.15) is 57.7 Å². The standard InChI is InChI=1S/C30H33N3O7S/c1-6-7-14-39-23-13-10-21(16-24(23)38-5)27-26(29(35)40-17-18(2)3)19(4)31-30-32(27)28(34)25(41-30)15-20-8-11-22(12-9-20)33(36)37/h8-13,15-16,18,27H,6-7,14,17H2,1-5H3/b25-15-. The molecule has 0 saturated carbocycles. The second-order valence-corrected chi connectivity index (χ2v) is 11.0. The van der Waals surface area contributed by atoms with Crippen molar-refractivity contribution in [1.29, 1.82) is 0 Å². The van der Waals surface area contributed by atoms with E-state index < -0.39 is 16.9 Å². The van der Waals surface area contributed by atoms with Gasteiger partial charge in [0.05, 0.1) is 47.1 Å². The number of benzene rings is 2. The van der Waals surface area contributed by atoms with Crippen LogP contribution in [-0.4, -0.2) is 35.8 Å². The summed E-state index contributed by atoms with van der Waals surface area (Å²) in [5.41, 5.74) is 1.59. The number of allylic oxidation sites excluding steroid dienone is 1. The number of fused-ring (bicyclic) bond motifs is 1. The highest BCUT2D eigenvalue weighted by atomic mass is 32.1. The van der Waals surface area contributed by atoms with Crippen LogP contribution >= 0.6 is 11.3 Å². The fraction of sp³-hybridized carbons (Fsp3) is 0.367. The summed E-state index contributed by atoms with van der Waals surface area (Å²) in [4.78, 5) is 42.9. The van der Waals surface area contributed by atoms with E-state index in [4.69, 9.17) is 14.2 Å². The number of methoxy groups -OCH3 is 1. The number of aromatic nitrogens is 1. The number of ether oxygens (including phenoxy) is 3. The maximum absolute atomic E-state index is 13.9. The maximum Gasteiger partial charge on any atom is 0.338 e. The molecule has 1 aliphatic heterocycles. The van der Waals surface area contributed by atoms with E-state index >= 15 is 0 Å². The number of nitro groups is 1. The van der Waals surface area contributed by atoms with Crippen molar-refractivity contribution in [2.45, 2.75) is 46.6 Å². The molecule has 0 spiro atoms. The van der Waals surface area contributed by atoms with E-state index in [1.165, 1.54) is 28.0 Å². The molecule has 0 amide bonds. The molecule has 1 unspecified atom stereocenters. The molecule has 1 aliphatic rings. The van der Waals surface area contributed by atoms with Gasteiger partial charge in [-0.25, -0.2) is 9.79 Å². The van der Waals surface area contributed by atoms with Gasteiger partial charge in [0.2, 0.25) is 0 Å². The number of thiazole rings is 1. The molecule has 0 bridgehead atoms. The highest BCUT2D eigenvalue weighted by Gasteiger charge is 2.34. The first kappa shape index (κ1) is 29.7. The van der Waals surface area contributed by atoms with Gasteiger partial charge in [-0.05, 0) is 60.7 Å². The van der Waals surface area contributed by atoms with Gasteiger partial charge in [0.25, 0.3) is 11.2 Å². The van der Waals surface area contributed by atoms with Gasteiger partial charge in [0.1, 0.15) is 0 Å². The van der Waals surface area contributed by atoms with Crippen LogP contribution in [0.15, 0.2) is 63.5 Å². The van der Waals surface area contributed by atoms with E-state index in [0.29, 0.717) is 44.3 Å². The van der Waals surface area contributed by atoms with Gasteiger partial charge in [0.15, 0.2) is 16.3 Å². The molecule has 41 heavy (non-hydrogen) atoms. The molecule has 2 aromatic carbocycles. The van der Waals surface area contributed by atoms with Crippen LogP contribution in [0.4, 0.5) is 5.69 Å². The van der Waals surface area contributed by atoms with Crippen LogP contribution in [0.5, 0.6) is 11.5 Å². The number of unbranched alkanes of at least 4 members (excludes halogenated alkanes) is 1. The Balaban J connectivity index is 1.86. The normalized spacial score (nSPS) is 15.0. The number of nitrogens with zero attached hydrogens (tertiary/aromatic N) is 3. The highest BCUT2D eigenvalue weighted by molar-refractivity contribution is 7.07. The van der Waals surface area contributed by atoms with Gasteiger partial charge in [0, 0.05) is 12.1 Å². The van der Waals surface area contributed by atoms with Crippen LogP contribution in [0.2, 0.25) is 0 Å². The van der Waals surface area contributed by atoms with Gasteiger partial charge >= 0.3 is 5.97 Å². The van der Waals surface area contributed by atoms with Gasteiger partial charge in [-0.2, -0.15) is 0 Å². The Labute approximate surface area is 241 Å². The second kappa shape index (κ2) is 12.9. The third-order valence-electron chi connectivity index (χ3n) is 6.45. The minimum Gasteiger partial charge on any atom is -0.493 e. The summed E-state index contributed by atoms with van der Waals surface area (Å²) < 4.78 is 19.0. The number of nitro benzene ring substituents is 1. The number of hydrogen-bond donors (Lipinski definition) is 0. The predicted octanol–water partition coefficient (Wildman–Crippen LogP) is 4.53.